The van der Waals surface area contributed by atoms with Crippen molar-refractivity contribution < 1.29 is 28.3 Å². The van der Waals surface area contributed by atoms with Crippen LogP contribution in [0.1, 0.15) is 99.6 Å². The number of nitrogens with one attached hydrogen (secondary N) is 1. The summed E-state index contributed by atoms with van der Waals surface area (Å²) in [5.41, 5.74) is 0.958. The van der Waals surface area contributed by atoms with Gasteiger partial charge in [-0.3, -0.25) is 10.1 Å². The van der Waals surface area contributed by atoms with Gasteiger partial charge in [0, 0.05) is 35.9 Å². The van der Waals surface area contributed by atoms with Crippen LogP contribution in [-0.2, 0) is 17.6 Å². The lowest BCUT2D eigenvalue weighted by Gasteiger charge is -2.18. The minimum atomic E-state index is -0.839. The number of allylic oxidation sites excluding steroid dienone is 1. The topological polar surface area (TPSA) is 119 Å². The molecule has 8 heteroatoms. The van der Waals surface area contributed by atoms with E-state index >= 15 is 0 Å². The predicted molar refractivity (Wildman–Crippen MR) is 159 cm³/mol. The third kappa shape index (κ3) is 8.84. The number of ketones is 1. The molecule has 0 saturated heterocycles. The van der Waals surface area contributed by atoms with E-state index in [1.165, 1.54) is 50.6 Å². The minimum Gasteiger partial charge on any atom is -0.507 e. The second-order valence-electron chi connectivity index (χ2n) is 10.9. The SMILES string of the molecule is CCCCCCc1ccc2oc(CC(C)C(C)C(=O)c3c(O)cc(C(C)CC/C=C/NC(=O)OC)oc3=O)cc2c1. The summed E-state index contributed by atoms with van der Waals surface area (Å²) in [5.74, 6) is -0.615. The molecule has 3 aromatic rings. The highest BCUT2D eigenvalue weighted by Crippen LogP contribution is 2.30. The van der Waals surface area contributed by atoms with Crippen LogP contribution in [0.25, 0.3) is 11.0 Å². The highest BCUT2D eigenvalue weighted by atomic mass is 16.5. The molecule has 0 fully saturated rings. The van der Waals surface area contributed by atoms with Crippen LogP contribution >= 0.6 is 0 Å². The van der Waals surface area contributed by atoms with Crippen molar-refractivity contribution in [2.45, 2.75) is 85.0 Å². The molecular weight excluding hydrogens is 522 g/mol. The monoisotopic (exact) mass is 565 g/mol. The second kappa shape index (κ2) is 15.3. The molecule has 2 heterocycles. The number of Topliss-reactive ketones (excluding diaryl/α,β-unsaturated/α-hetero) is 1. The van der Waals surface area contributed by atoms with Crippen LogP contribution in [0, 0.1) is 11.8 Å². The summed E-state index contributed by atoms with van der Waals surface area (Å²) in [7, 11) is 1.28. The number of aryl methyl sites for hydroxylation is 1. The molecule has 8 nitrogen and oxygen atoms in total. The Morgan fingerprint density at radius 2 is 1.85 bits per heavy atom. The highest BCUT2D eigenvalue weighted by molar-refractivity contribution is 5.99. The first-order valence-corrected chi connectivity index (χ1v) is 14.6. The van der Waals surface area contributed by atoms with Crippen molar-refractivity contribution in [2.75, 3.05) is 7.11 Å². The van der Waals surface area contributed by atoms with E-state index in [1.54, 1.807) is 13.0 Å². The van der Waals surface area contributed by atoms with Crippen LogP contribution in [0.3, 0.4) is 0 Å². The number of aromatic hydroxyl groups is 1. The van der Waals surface area contributed by atoms with Crippen LogP contribution in [-0.4, -0.2) is 24.1 Å². The minimum absolute atomic E-state index is 0.139. The first kappa shape index (κ1) is 31.7. The van der Waals surface area contributed by atoms with E-state index in [2.05, 4.69) is 29.1 Å². The Kier molecular flexibility index (Phi) is 11.8. The van der Waals surface area contributed by atoms with E-state index in [9.17, 15) is 19.5 Å². The van der Waals surface area contributed by atoms with Gasteiger partial charge in [-0.05, 0) is 55.4 Å². The Bertz CT molecular complexity index is 1400. The number of hydrogen-bond donors (Lipinski definition) is 2. The van der Waals surface area contributed by atoms with Crippen molar-refractivity contribution in [2.24, 2.45) is 11.8 Å². The molecule has 0 bridgehead atoms. The summed E-state index contributed by atoms with van der Waals surface area (Å²) in [4.78, 5) is 37.2. The fourth-order valence-corrected chi connectivity index (χ4v) is 4.87. The maximum absolute atomic E-state index is 13.3. The lowest BCUT2D eigenvalue weighted by Crippen LogP contribution is -2.26. The number of hydrogen-bond acceptors (Lipinski definition) is 7. The fraction of sp³-hybridized carbons (Fsp3) is 0.485. The number of benzene rings is 1. The summed E-state index contributed by atoms with van der Waals surface area (Å²) in [6.07, 6.45) is 10.3. The van der Waals surface area contributed by atoms with Gasteiger partial charge in [-0.25, -0.2) is 9.59 Å². The quantitative estimate of drug-likeness (QED) is 0.143. The van der Waals surface area contributed by atoms with E-state index in [1.807, 2.05) is 26.0 Å². The van der Waals surface area contributed by atoms with Crippen LogP contribution in [0.5, 0.6) is 5.75 Å². The molecule has 0 aliphatic heterocycles. The van der Waals surface area contributed by atoms with Crippen LogP contribution < -0.4 is 10.9 Å². The zero-order chi connectivity index (χ0) is 29.9. The Hall–Kier alpha value is -3.81. The highest BCUT2D eigenvalue weighted by Gasteiger charge is 2.29. The number of carbonyl (C=O) groups is 2. The predicted octanol–water partition coefficient (Wildman–Crippen LogP) is 7.67. The standard InChI is InChI=1S/C33H43NO7/c1-6-7-8-9-13-24-14-15-28-25(18-24)19-26(40-28)17-22(3)23(4)31(36)30-27(35)20-29(41-32(30)37)21(2)12-10-11-16-34-33(38)39-5/h11,14-16,18-23,35H,6-10,12-13,17H2,1-5H3,(H,34,38)/b16-11+. The number of methoxy groups -OCH3 is 1. The third-order valence-corrected chi connectivity index (χ3v) is 7.69. The molecule has 0 spiro atoms. The second-order valence-corrected chi connectivity index (χ2v) is 10.9. The molecule has 3 rings (SSSR count). The maximum Gasteiger partial charge on any atom is 0.410 e. The molecular formula is C33H43NO7. The van der Waals surface area contributed by atoms with Gasteiger partial charge in [0.05, 0.1) is 7.11 Å². The van der Waals surface area contributed by atoms with E-state index in [0.29, 0.717) is 25.0 Å². The van der Waals surface area contributed by atoms with Gasteiger partial charge in [0.2, 0.25) is 0 Å². The number of furan rings is 1. The normalized spacial score (nSPS) is 13.8. The van der Waals surface area contributed by atoms with Crippen LogP contribution in [0.15, 0.2) is 56.2 Å². The number of carbonyl (C=O) groups excluding carboxylic acids is 2. The molecule has 1 amide bonds. The smallest absolute Gasteiger partial charge is 0.410 e. The van der Waals surface area contributed by atoms with E-state index in [0.717, 1.165) is 23.2 Å². The lowest BCUT2D eigenvalue weighted by atomic mass is 9.85. The van der Waals surface area contributed by atoms with Gasteiger partial charge in [0.25, 0.3) is 0 Å². The van der Waals surface area contributed by atoms with Crippen molar-refractivity contribution in [1.29, 1.82) is 0 Å². The Balaban J connectivity index is 1.62. The molecule has 3 atom stereocenters. The van der Waals surface area contributed by atoms with Crippen LogP contribution in [0.2, 0.25) is 0 Å². The number of alkyl carbamates (subject to hydrolysis) is 1. The third-order valence-electron chi connectivity index (χ3n) is 7.69. The van der Waals surface area contributed by atoms with Crippen LogP contribution in [0.4, 0.5) is 4.79 Å². The number of fused-ring (bicyclic) bond motifs is 1. The summed E-state index contributed by atoms with van der Waals surface area (Å²) < 4.78 is 16.0. The molecule has 0 aliphatic rings. The number of amides is 1. The molecule has 0 saturated carbocycles. The molecule has 0 aliphatic carbocycles. The van der Waals surface area contributed by atoms with Gasteiger partial charge in [0.15, 0.2) is 5.78 Å². The number of rotatable bonds is 15. The van der Waals surface area contributed by atoms with Gasteiger partial charge < -0.3 is 18.7 Å². The van der Waals surface area contributed by atoms with Crippen molar-refractivity contribution in [1.82, 2.24) is 5.32 Å². The molecule has 3 unspecified atom stereocenters. The molecule has 41 heavy (non-hydrogen) atoms. The lowest BCUT2D eigenvalue weighted by molar-refractivity contribution is 0.0883. The Morgan fingerprint density at radius 3 is 2.56 bits per heavy atom. The molecule has 2 aromatic heterocycles. The van der Waals surface area contributed by atoms with Crippen molar-refractivity contribution in [3.63, 3.8) is 0 Å². The van der Waals surface area contributed by atoms with Gasteiger partial charge in [0.1, 0.15) is 28.4 Å². The summed E-state index contributed by atoms with van der Waals surface area (Å²) in [6, 6.07) is 9.68. The maximum atomic E-state index is 13.3. The zero-order valence-corrected chi connectivity index (χ0v) is 24.8. The number of ether oxygens (including phenoxy) is 1. The van der Waals surface area contributed by atoms with Gasteiger partial charge >= 0.3 is 11.7 Å². The van der Waals surface area contributed by atoms with Crippen molar-refractivity contribution >= 4 is 22.8 Å². The largest absolute Gasteiger partial charge is 0.507 e. The van der Waals surface area contributed by atoms with E-state index in [-0.39, 0.29) is 23.1 Å². The van der Waals surface area contributed by atoms with Crippen molar-refractivity contribution in [3.05, 3.63) is 75.7 Å². The number of unbranched alkanes of at least 4 members (excludes halogenated alkanes) is 3. The van der Waals surface area contributed by atoms with Crippen molar-refractivity contribution in [3.8, 4) is 5.75 Å². The summed E-state index contributed by atoms with van der Waals surface area (Å²) >= 11 is 0. The molecule has 1 aromatic carbocycles. The van der Waals surface area contributed by atoms with Gasteiger partial charge in [-0.2, -0.15) is 0 Å². The first-order chi connectivity index (χ1) is 19.6. The van der Waals surface area contributed by atoms with E-state index in [4.69, 9.17) is 8.83 Å². The molecule has 2 N–H and O–H groups in total. The fourth-order valence-electron chi connectivity index (χ4n) is 4.87. The first-order valence-electron chi connectivity index (χ1n) is 14.6. The Morgan fingerprint density at radius 1 is 1.07 bits per heavy atom. The Labute approximate surface area is 241 Å². The average Bonchev–Trinajstić information content (AvgIpc) is 3.35. The average molecular weight is 566 g/mol. The van der Waals surface area contributed by atoms with E-state index < -0.39 is 23.4 Å². The molecule has 222 valence electrons. The zero-order valence-electron chi connectivity index (χ0n) is 24.8. The summed E-state index contributed by atoms with van der Waals surface area (Å²) in [6.45, 7) is 7.76. The summed E-state index contributed by atoms with van der Waals surface area (Å²) in [5, 5.41) is 14.1. The van der Waals surface area contributed by atoms with Gasteiger partial charge in [-0.15, -0.1) is 0 Å². The van der Waals surface area contributed by atoms with Gasteiger partial charge in [-0.1, -0.05) is 59.1 Å². The molecule has 0 radical (unpaired) electrons.